The summed E-state index contributed by atoms with van der Waals surface area (Å²) < 4.78 is 26.0. The van der Waals surface area contributed by atoms with Gasteiger partial charge in [-0.05, 0) is 19.1 Å². The molecule has 1 unspecified atom stereocenters. The average molecular weight is 188 g/mol. The maximum atomic E-state index is 13.0. The smallest absolute Gasteiger partial charge is 0.132 e. The van der Waals surface area contributed by atoms with Crippen molar-refractivity contribution >= 4 is 0 Å². The van der Waals surface area contributed by atoms with Crippen LogP contribution in [0.5, 0.6) is 0 Å². The SMILES string of the molecule is CC(O)(CO)c1c(F)cccc1F. The van der Waals surface area contributed by atoms with E-state index in [0.717, 1.165) is 19.1 Å². The molecule has 0 fully saturated rings. The van der Waals surface area contributed by atoms with E-state index < -0.39 is 29.4 Å². The summed E-state index contributed by atoms with van der Waals surface area (Å²) in [6.07, 6.45) is 0. The maximum absolute atomic E-state index is 13.0. The molecule has 0 bridgehead atoms. The van der Waals surface area contributed by atoms with E-state index in [-0.39, 0.29) is 0 Å². The van der Waals surface area contributed by atoms with E-state index >= 15 is 0 Å². The Balaban J connectivity index is 3.28. The molecule has 0 amide bonds. The van der Waals surface area contributed by atoms with Crippen LogP contribution in [0.25, 0.3) is 0 Å². The van der Waals surface area contributed by atoms with Crippen LogP contribution >= 0.6 is 0 Å². The van der Waals surface area contributed by atoms with E-state index in [1.807, 2.05) is 0 Å². The lowest BCUT2D eigenvalue weighted by Crippen LogP contribution is -2.28. The first-order valence-corrected chi connectivity index (χ1v) is 3.77. The van der Waals surface area contributed by atoms with Gasteiger partial charge < -0.3 is 10.2 Å². The molecule has 0 aliphatic carbocycles. The van der Waals surface area contributed by atoms with Crippen molar-refractivity contribution in [3.05, 3.63) is 35.4 Å². The first-order chi connectivity index (χ1) is 5.99. The zero-order valence-corrected chi connectivity index (χ0v) is 7.09. The number of rotatable bonds is 2. The number of hydrogen-bond acceptors (Lipinski definition) is 2. The highest BCUT2D eigenvalue weighted by Crippen LogP contribution is 2.25. The van der Waals surface area contributed by atoms with Crippen LogP contribution in [0, 0.1) is 11.6 Å². The standard InChI is InChI=1S/C9H10F2O2/c1-9(13,5-12)8-6(10)3-2-4-7(8)11/h2-4,12-13H,5H2,1H3. The zero-order chi connectivity index (χ0) is 10.1. The maximum Gasteiger partial charge on any atom is 0.132 e. The van der Waals surface area contributed by atoms with Crippen LogP contribution < -0.4 is 0 Å². The Kier molecular flexibility index (Phi) is 2.63. The molecule has 0 spiro atoms. The fourth-order valence-electron chi connectivity index (χ4n) is 1.09. The summed E-state index contributed by atoms with van der Waals surface area (Å²) >= 11 is 0. The van der Waals surface area contributed by atoms with E-state index in [1.165, 1.54) is 6.07 Å². The molecule has 2 nitrogen and oxygen atoms in total. The fourth-order valence-corrected chi connectivity index (χ4v) is 1.09. The van der Waals surface area contributed by atoms with Crippen LogP contribution in [0.3, 0.4) is 0 Å². The molecule has 0 aromatic heterocycles. The van der Waals surface area contributed by atoms with Crippen molar-refractivity contribution in [2.45, 2.75) is 12.5 Å². The molecule has 1 aromatic carbocycles. The lowest BCUT2D eigenvalue weighted by atomic mass is 9.96. The van der Waals surface area contributed by atoms with E-state index in [0.29, 0.717) is 0 Å². The van der Waals surface area contributed by atoms with Gasteiger partial charge in [0.25, 0.3) is 0 Å². The van der Waals surface area contributed by atoms with Gasteiger partial charge in [-0.2, -0.15) is 0 Å². The predicted octanol–water partition coefficient (Wildman–Crippen LogP) is 1.16. The zero-order valence-electron chi connectivity index (χ0n) is 7.09. The molecule has 4 heteroatoms. The molecule has 2 N–H and O–H groups in total. The molecule has 1 rings (SSSR count). The highest BCUT2D eigenvalue weighted by Gasteiger charge is 2.28. The summed E-state index contributed by atoms with van der Waals surface area (Å²) in [7, 11) is 0. The van der Waals surface area contributed by atoms with Crippen LogP contribution in [-0.2, 0) is 5.60 Å². The summed E-state index contributed by atoms with van der Waals surface area (Å²) in [5.41, 5.74) is -2.38. The van der Waals surface area contributed by atoms with E-state index in [1.54, 1.807) is 0 Å². The quantitative estimate of drug-likeness (QED) is 0.731. The molecule has 0 heterocycles. The Morgan fingerprint density at radius 1 is 1.31 bits per heavy atom. The van der Waals surface area contributed by atoms with Gasteiger partial charge in [0.05, 0.1) is 12.2 Å². The van der Waals surface area contributed by atoms with Crippen molar-refractivity contribution in [3.63, 3.8) is 0 Å². The van der Waals surface area contributed by atoms with Gasteiger partial charge in [0, 0.05) is 0 Å². The molecule has 0 aliphatic rings. The Morgan fingerprint density at radius 2 is 1.77 bits per heavy atom. The third-order valence-corrected chi connectivity index (χ3v) is 1.81. The van der Waals surface area contributed by atoms with Crippen LogP contribution in [0.4, 0.5) is 8.78 Å². The van der Waals surface area contributed by atoms with Crippen molar-refractivity contribution in [2.75, 3.05) is 6.61 Å². The van der Waals surface area contributed by atoms with Crippen molar-refractivity contribution in [2.24, 2.45) is 0 Å². The minimum Gasteiger partial charge on any atom is -0.393 e. The van der Waals surface area contributed by atoms with Crippen molar-refractivity contribution < 1.29 is 19.0 Å². The van der Waals surface area contributed by atoms with Crippen LogP contribution in [-0.4, -0.2) is 16.8 Å². The largest absolute Gasteiger partial charge is 0.393 e. The highest BCUT2D eigenvalue weighted by atomic mass is 19.1. The topological polar surface area (TPSA) is 40.5 Å². The monoisotopic (exact) mass is 188 g/mol. The van der Waals surface area contributed by atoms with E-state index in [2.05, 4.69) is 0 Å². The molecule has 0 saturated carbocycles. The summed E-state index contributed by atoms with van der Waals surface area (Å²) in [5.74, 6) is -1.72. The molecule has 0 radical (unpaired) electrons. The average Bonchev–Trinajstić information content (AvgIpc) is 2.03. The third-order valence-electron chi connectivity index (χ3n) is 1.81. The van der Waals surface area contributed by atoms with Crippen LogP contribution in [0.1, 0.15) is 12.5 Å². The lowest BCUT2D eigenvalue weighted by molar-refractivity contribution is -0.00802. The summed E-state index contributed by atoms with van der Waals surface area (Å²) in [5, 5.41) is 18.1. The number of halogens is 2. The van der Waals surface area contributed by atoms with Gasteiger partial charge >= 0.3 is 0 Å². The summed E-state index contributed by atoms with van der Waals surface area (Å²) in [6.45, 7) is 0.416. The number of benzene rings is 1. The first-order valence-electron chi connectivity index (χ1n) is 3.77. The molecular weight excluding hydrogens is 178 g/mol. The van der Waals surface area contributed by atoms with Gasteiger partial charge in [-0.3, -0.25) is 0 Å². The molecule has 0 aliphatic heterocycles. The highest BCUT2D eigenvalue weighted by molar-refractivity contribution is 5.25. The van der Waals surface area contributed by atoms with E-state index in [4.69, 9.17) is 5.11 Å². The van der Waals surface area contributed by atoms with Crippen molar-refractivity contribution in [1.82, 2.24) is 0 Å². The third kappa shape index (κ3) is 1.84. The van der Waals surface area contributed by atoms with Gasteiger partial charge in [0.2, 0.25) is 0 Å². The van der Waals surface area contributed by atoms with Crippen LogP contribution in [0.2, 0.25) is 0 Å². The minimum absolute atomic E-state index is 0.502. The van der Waals surface area contributed by atoms with Gasteiger partial charge in [0.15, 0.2) is 0 Å². The Bertz CT molecular complexity index is 290. The Labute approximate surface area is 74.4 Å². The Morgan fingerprint density at radius 3 is 2.15 bits per heavy atom. The van der Waals surface area contributed by atoms with E-state index in [9.17, 15) is 13.9 Å². The van der Waals surface area contributed by atoms with Crippen LogP contribution in [0.15, 0.2) is 18.2 Å². The normalized spacial score (nSPS) is 15.5. The second-order valence-electron chi connectivity index (χ2n) is 3.03. The van der Waals surface area contributed by atoms with Gasteiger partial charge in [-0.15, -0.1) is 0 Å². The second kappa shape index (κ2) is 3.40. The van der Waals surface area contributed by atoms with Gasteiger partial charge in [-0.1, -0.05) is 6.07 Å². The first kappa shape index (κ1) is 10.1. The molecular formula is C9H10F2O2. The Hall–Kier alpha value is -1.00. The van der Waals surface area contributed by atoms with Gasteiger partial charge in [-0.25, -0.2) is 8.78 Å². The fraction of sp³-hybridized carbons (Fsp3) is 0.333. The lowest BCUT2D eigenvalue weighted by Gasteiger charge is -2.21. The van der Waals surface area contributed by atoms with Crippen molar-refractivity contribution in [1.29, 1.82) is 0 Å². The summed E-state index contributed by atoms with van der Waals surface area (Å²) in [6, 6.07) is 3.26. The molecule has 72 valence electrons. The summed E-state index contributed by atoms with van der Waals surface area (Å²) in [4.78, 5) is 0. The second-order valence-corrected chi connectivity index (χ2v) is 3.03. The number of hydrogen-bond donors (Lipinski definition) is 2. The molecule has 1 atom stereocenters. The number of aliphatic hydroxyl groups is 2. The van der Waals surface area contributed by atoms with Gasteiger partial charge in [0.1, 0.15) is 17.2 Å². The molecule has 1 aromatic rings. The number of aliphatic hydroxyl groups excluding tert-OH is 1. The molecule has 13 heavy (non-hydrogen) atoms. The minimum atomic E-state index is -1.88. The molecule has 0 saturated heterocycles. The van der Waals surface area contributed by atoms with Crippen molar-refractivity contribution in [3.8, 4) is 0 Å². The predicted molar refractivity (Wildman–Crippen MR) is 43.0 cm³/mol.